The number of aliphatic carboxylic acids is 2. The molecule has 0 saturated carbocycles. The smallest absolute Gasteiger partial charge is 0.307 e. The van der Waals surface area contributed by atoms with E-state index < -0.39 is 11.9 Å². The van der Waals surface area contributed by atoms with E-state index in [0.29, 0.717) is 32.7 Å². The number of carbonyl (C=O) groups is 2. The molecule has 0 saturated heterocycles. The second kappa shape index (κ2) is 17.5. The van der Waals surface area contributed by atoms with Crippen molar-refractivity contribution in [3.63, 3.8) is 0 Å². The van der Waals surface area contributed by atoms with Gasteiger partial charge in [0.05, 0.1) is 22.9 Å². The molecule has 0 amide bonds. The van der Waals surface area contributed by atoms with Gasteiger partial charge in [0.15, 0.2) is 0 Å². The minimum absolute atomic E-state index is 0.0937. The van der Waals surface area contributed by atoms with Crippen molar-refractivity contribution in [1.82, 2.24) is 0 Å². The highest BCUT2D eigenvalue weighted by Crippen LogP contribution is 2.27. The molecule has 2 N–H and O–H groups in total. The first kappa shape index (κ1) is 35.5. The number of allylic oxidation sites excluding steroid dienone is 2. The first-order chi connectivity index (χ1) is 23.0. The Morgan fingerprint density at radius 1 is 0.625 bits per heavy atom. The zero-order chi connectivity index (χ0) is 34.5. The largest absolute Gasteiger partial charge is 0.488 e. The van der Waals surface area contributed by atoms with Gasteiger partial charge in [0.25, 0.3) is 0 Å². The summed E-state index contributed by atoms with van der Waals surface area (Å²) >= 11 is 12.4. The van der Waals surface area contributed by atoms with E-state index >= 15 is 0 Å². The van der Waals surface area contributed by atoms with Gasteiger partial charge in [-0.2, -0.15) is 0 Å². The van der Waals surface area contributed by atoms with Crippen LogP contribution >= 0.6 is 23.2 Å². The number of halogens is 2. The topological polar surface area (TPSA) is 93.1 Å². The van der Waals surface area contributed by atoms with E-state index in [4.69, 9.17) is 42.9 Å². The minimum atomic E-state index is -0.916. The van der Waals surface area contributed by atoms with Crippen LogP contribution in [0, 0.1) is 23.7 Å². The van der Waals surface area contributed by atoms with Gasteiger partial charge in [0.2, 0.25) is 0 Å². The van der Waals surface area contributed by atoms with Crippen molar-refractivity contribution < 1.29 is 29.3 Å². The quantitative estimate of drug-likeness (QED) is 0.154. The summed E-state index contributed by atoms with van der Waals surface area (Å²) < 4.78 is 11.4. The van der Waals surface area contributed by atoms with Crippen molar-refractivity contribution in [2.45, 2.75) is 26.7 Å². The summed E-state index contributed by atoms with van der Waals surface area (Å²) in [6.45, 7) is 4.37. The lowest BCUT2D eigenvalue weighted by Crippen LogP contribution is -2.01. The lowest BCUT2D eigenvalue weighted by Gasteiger charge is -2.07. The molecule has 8 heteroatoms. The number of ether oxygens (including phenoxy) is 2. The van der Waals surface area contributed by atoms with Gasteiger partial charge in [-0.25, -0.2) is 0 Å². The molecule has 48 heavy (non-hydrogen) atoms. The van der Waals surface area contributed by atoms with Crippen LogP contribution in [-0.2, 0) is 22.4 Å². The van der Waals surface area contributed by atoms with Gasteiger partial charge < -0.3 is 19.7 Å². The van der Waals surface area contributed by atoms with E-state index in [0.717, 1.165) is 33.4 Å². The van der Waals surface area contributed by atoms with Crippen molar-refractivity contribution in [2.75, 3.05) is 13.2 Å². The van der Waals surface area contributed by atoms with Crippen LogP contribution < -0.4 is 9.47 Å². The molecule has 0 aromatic heterocycles. The van der Waals surface area contributed by atoms with Crippen LogP contribution in [0.15, 0.2) is 108 Å². The molecule has 0 radical (unpaired) electrons. The molecule has 0 spiro atoms. The minimum Gasteiger partial charge on any atom is -0.488 e. The molecule has 0 aliphatic rings. The SMILES string of the molecule is C/C(C#Cc1ccc(-c2ccc(C#C/C(C)=C/COc3ccc(CC(=O)O)cc3Cl)cc2)cc1)=C\COc1ccc(CC(=O)O)cc1Cl. The molecular weight excluding hydrogens is 647 g/mol. The Labute approximate surface area is 290 Å². The molecule has 6 nitrogen and oxygen atoms in total. The lowest BCUT2D eigenvalue weighted by atomic mass is 10.0. The maximum absolute atomic E-state index is 10.9. The Morgan fingerprint density at radius 3 is 1.33 bits per heavy atom. The maximum atomic E-state index is 10.9. The average molecular weight is 680 g/mol. The molecule has 0 unspecified atom stereocenters. The molecule has 0 aliphatic carbocycles. The molecule has 242 valence electrons. The van der Waals surface area contributed by atoms with Crippen LogP contribution in [0.5, 0.6) is 11.5 Å². The van der Waals surface area contributed by atoms with Gasteiger partial charge in [0, 0.05) is 11.1 Å². The summed E-state index contributed by atoms with van der Waals surface area (Å²) in [7, 11) is 0. The van der Waals surface area contributed by atoms with Crippen LogP contribution in [0.25, 0.3) is 11.1 Å². The van der Waals surface area contributed by atoms with Crippen molar-refractivity contribution in [2.24, 2.45) is 0 Å². The van der Waals surface area contributed by atoms with Crippen LogP contribution in [0.2, 0.25) is 10.0 Å². The number of hydrogen-bond donors (Lipinski definition) is 2. The molecule has 4 aromatic carbocycles. The highest BCUT2D eigenvalue weighted by Gasteiger charge is 2.07. The van der Waals surface area contributed by atoms with Gasteiger partial charge in [-0.1, -0.05) is 83.3 Å². The van der Waals surface area contributed by atoms with E-state index in [1.54, 1.807) is 36.4 Å². The van der Waals surface area contributed by atoms with E-state index in [1.807, 2.05) is 74.5 Å². The monoisotopic (exact) mass is 678 g/mol. The summed E-state index contributed by atoms with van der Waals surface area (Å²) in [5, 5.41) is 18.6. The van der Waals surface area contributed by atoms with E-state index in [-0.39, 0.29) is 26.1 Å². The average Bonchev–Trinajstić information content (AvgIpc) is 3.05. The van der Waals surface area contributed by atoms with Crippen LogP contribution in [0.4, 0.5) is 0 Å². The Morgan fingerprint density at radius 2 is 1.00 bits per heavy atom. The third-order valence-corrected chi connectivity index (χ3v) is 7.46. The summed E-state index contributed by atoms with van der Waals surface area (Å²) in [6.07, 6.45) is 3.54. The zero-order valence-electron chi connectivity index (χ0n) is 26.3. The van der Waals surface area contributed by atoms with Crippen LogP contribution in [0.1, 0.15) is 36.1 Å². The molecule has 0 bridgehead atoms. The zero-order valence-corrected chi connectivity index (χ0v) is 27.9. The molecule has 4 aromatic rings. The Hall–Kier alpha value is -5.40. The standard InChI is InChI=1S/C40H32Cl2O6/c1-27(19-21-47-37-17-11-31(23-35(37)41)25-39(43)44)3-5-29-7-13-33(14-8-29)34-15-9-30(10-16-34)6-4-28(2)20-22-48-38-18-12-32(24-36(38)42)26-40(45)46/h7-20,23-24H,21-22,25-26H2,1-2H3,(H,43,44)(H,45,46)/b27-19+,28-20+. The normalized spacial score (nSPS) is 11.1. The third-order valence-electron chi connectivity index (χ3n) is 6.87. The fourth-order valence-corrected chi connectivity index (χ4v) is 4.86. The summed E-state index contributed by atoms with van der Waals surface area (Å²) in [5.74, 6) is 11.7. The summed E-state index contributed by atoms with van der Waals surface area (Å²) in [4.78, 5) is 21.7. The highest BCUT2D eigenvalue weighted by atomic mass is 35.5. The first-order valence-electron chi connectivity index (χ1n) is 14.9. The van der Waals surface area contributed by atoms with Gasteiger partial charge in [-0.3, -0.25) is 9.59 Å². The second-order valence-electron chi connectivity index (χ2n) is 10.7. The van der Waals surface area contributed by atoms with Gasteiger partial charge in [-0.15, -0.1) is 0 Å². The number of carboxylic acids is 2. The highest BCUT2D eigenvalue weighted by molar-refractivity contribution is 6.32. The molecule has 0 atom stereocenters. The Balaban J connectivity index is 1.27. The Bertz CT molecular complexity index is 1820. The second-order valence-corrected chi connectivity index (χ2v) is 11.5. The number of benzene rings is 4. The Kier molecular flexibility index (Phi) is 12.9. The van der Waals surface area contributed by atoms with Gasteiger partial charge >= 0.3 is 11.9 Å². The maximum Gasteiger partial charge on any atom is 0.307 e. The van der Waals surface area contributed by atoms with Gasteiger partial charge in [0.1, 0.15) is 24.7 Å². The van der Waals surface area contributed by atoms with Crippen LogP contribution in [-0.4, -0.2) is 35.4 Å². The number of rotatable bonds is 11. The van der Waals surface area contributed by atoms with Gasteiger partial charge in [-0.05, 0) is 108 Å². The van der Waals surface area contributed by atoms with Crippen molar-refractivity contribution >= 4 is 35.1 Å². The van der Waals surface area contributed by atoms with E-state index in [1.165, 1.54) is 0 Å². The third kappa shape index (κ3) is 11.4. The van der Waals surface area contributed by atoms with Crippen molar-refractivity contribution in [1.29, 1.82) is 0 Å². The van der Waals surface area contributed by atoms with Crippen molar-refractivity contribution in [3.8, 4) is 46.3 Å². The number of hydrogen-bond acceptors (Lipinski definition) is 4. The van der Waals surface area contributed by atoms with E-state index in [2.05, 4.69) is 23.7 Å². The molecule has 4 rings (SSSR count). The number of carboxylic acid groups (broad SMARTS) is 2. The first-order valence-corrected chi connectivity index (χ1v) is 15.7. The summed E-state index contributed by atoms with van der Waals surface area (Å²) in [6, 6.07) is 25.9. The fourth-order valence-electron chi connectivity index (χ4n) is 4.34. The van der Waals surface area contributed by atoms with E-state index in [9.17, 15) is 9.59 Å². The summed E-state index contributed by atoms with van der Waals surface area (Å²) in [5.41, 5.74) is 6.82. The molecule has 0 fully saturated rings. The predicted molar refractivity (Wildman–Crippen MR) is 190 cm³/mol. The lowest BCUT2D eigenvalue weighted by molar-refractivity contribution is -0.137. The molecule has 0 heterocycles. The fraction of sp³-hybridized carbons (Fsp3) is 0.150. The van der Waals surface area contributed by atoms with Crippen LogP contribution in [0.3, 0.4) is 0 Å². The predicted octanol–water partition coefficient (Wildman–Crippen LogP) is 8.67. The van der Waals surface area contributed by atoms with Crippen molar-refractivity contribution in [3.05, 3.63) is 141 Å². The molecular formula is C40H32Cl2O6. The molecule has 0 aliphatic heterocycles.